The first-order valence-electron chi connectivity index (χ1n) is 7.88. The summed E-state index contributed by atoms with van der Waals surface area (Å²) >= 11 is 0. The zero-order valence-electron chi connectivity index (χ0n) is 12.7. The molecule has 2 heterocycles. The van der Waals surface area contributed by atoms with Crippen LogP contribution in [0.25, 0.3) is 0 Å². The molecular weight excluding hydrogens is 290 g/mol. The minimum atomic E-state index is -1.99. The van der Waals surface area contributed by atoms with Crippen molar-refractivity contribution in [3.8, 4) is 0 Å². The van der Waals surface area contributed by atoms with E-state index in [0.717, 1.165) is 25.7 Å². The fraction of sp³-hybridized carbons (Fsp3) is 0.800. The Morgan fingerprint density at radius 2 is 1.82 bits per heavy atom. The first-order chi connectivity index (χ1) is 10.5. The van der Waals surface area contributed by atoms with Gasteiger partial charge in [-0.25, -0.2) is 4.79 Å². The Morgan fingerprint density at radius 3 is 2.45 bits per heavy atom. The van der Waals surface area contributed by atoms with Gasteiger partial charge in [0.25, 0.3) is 5.78 Å². The summed E-state index contributed by atoms with van der Waals surface area (Å²) in [7, 11) is 0. The van der Waals surface area contributed by atoms with Crippen molar-refractivity contribution >= 4 is 17.7 Å². The molecule has 2 aliphatic rings. The number of carbonyl (C=O) groups is 3. The summed E-state index contributed by atoms with van der Waals surface area (Å²) in [6, 6.07) is 0. The quantitative estimate of drug-likeness (QED) is 0.762. The third-order valence-electron chi connectivity index (χ3n) is 4.03. The number of aliphatic hydroxyl groups is 1. The largest absolute Gasteiger partial charge is 0.449 e. The molecule has 2 fully saturated rings. The number of amides is 1. The van der Waals surface area contributed by atoms with Crippen LogP contribution >= 0.6 is 0 Å². The van der Waals surface area contributed by atoms with Gasteiger partial charge in [-0.1, -0.05) is 0 Å². The molecule has 0 aliphatic carbocycles. The molecule has 0 aromatic rings. The number of ether oxygens (including phenoxy) is 2. The number of rotatable bonds is 5. The van der Waals surface area contributed by atoms with Gasteiger partial charge in [0.05, 0.1) is 6.61 Å². The van der Waals surface area contributed by atoms with Gasteiger partial charge in [0.1, 0.15) is 6.61 Å². The maximum absolute atomic E-state index is 11.9. The van der Waals surface area contributed by atoms with E-state index in [4.69, 9.17) is 9.47 Å². The van der Waals surface area contributed by atoms with Crippen molar-refractivity contribution in [2.75, 3.05) is 26.3 Å². The summed E-state index contributed by atoms with van der Waals surface area (Å²) in [4.78, 5) is 37.1. The molecule has 7 heteroatoms. The van der Waals surface area contributed by atoms with Gasteiger partial charge in [-0.05, 0) is 32.1 Å². The molecular formula is C15H23NO6. The maximum atomic E-state index is 11.9. The molecule has 1 amide bonds. The fourth-order valence-electron chi connectivity index (χ4n) is 2.69. The van der Waals surface area contributed by atoms with Crippen LogP contribution in [-0.2, 0) is 19.1 Å². The molecule has 0 bridgehead atoms. The van der Waals surface area contributed by atoms with Crippen LogP contribution in [0.1, 0.15) is 44.9 Å². The van der Waals surface area contributed by atoms with E-state index in [1.807, 2.05) is 0 Å². The SMILES string of the molecule is O=C(CCOC(=O)N1CCCCC1)C(=O)C1(O)CCCCO1. The zero-order chi connectivity index (χ0) is 16.0. The van der Waals surface area contributed by atoms with E-state index in [1.54, 1.807) is 4.90 Å². The molecule has 2 saturated heterocycles. The Bertz CT molecular complexity index is 424. The molecule has 7 nitrogen and oxygen atoms in total. The number of ketones is 2. The van der Waals surface area contributed by atoms with E-state index in [0.29, 0.717) is 19.5 Å². The van der Waals surface area contributed by atoms with Crippen LogP contribution in [0.15, 0.2) is 0 Å². The highest BCUT2D eigenvalue weighted by Gasteiger charge is 2.42. The van der Waals surface area contributed by atoms with Gasteiger partial charge in [0.2, 0.25) is 11.6 Å². The number of likely N-dealkylation sites (tertiary alicyclic amines) is 1. The zero-order valence-corrected chi connectivity index (χ0v) is 12.7. The first kappa shape index (κ1) is 16.9. The lowest BCUT2D eigenvalue weighted by Crippen LogP contribution is -2.48. The predicted molar refractivity (Wildman–Crippen MR) is 76.2 cm³/mol. The van der Waals surface area contributed by atoms with Crippen LogP contribution in [-0.4, -0.2) is 59.8 Å². The Kier molecular flexibility index (Phi) is 5.90. The number of hydrogen-bond acceptors (Lipinski definition) is 6. The fourth-order valence-corrected chi connectivity index (χ4v) is 2.69. The third-order valence-corrected chi connectivity index (χ3v) is 4.03. The summed E-state index contributed by atoms with van der Waals surface area (Å²) in [6.07, 6.45) is 3.86. The van der Waals surface area contributed by atoms with Crippen LogP contribution in [0.3, 0.4) is 0 Å². The molecule has 1 atom stereocenters. The average molecular weight is 313 g/mol. The van der Waals surface area contributed by atoms with Gasteiger partial charge < -0.3 is 19.5 Å². The highest BCUT2D eigenvalue weighted by Crippen LogP contribution is 2.23. The summed E-state index contributed by atoms with van der Waals surface area (Å²) in [5, 5.41) is 10.0. The number of Topliss-reactive ketones (excluding diaryl/α,β-unsaturated/α-hetero) is 2. The van der Waals surface area contributed by atoms with Crippen LogP contribution in [0.5, 0.6) is 0 Å². The summed E-state index contributed by atoms with van der Waals surface area (Å²) in [5.41, 5.74) is 0. The van der Waals surface area contributed by atoms with Crippen LogP contribution in [0, 0.1) is 0 Å². The maximum Gasteiger partial charge on any atom is 0.409 e. The number of nitrogens with zero attached hydrogens (tertiary/aromatic N) is 1. The molecule has 22 heavy (non-hydrogen) atoms. The third kappa shape index (κ3) is 4.27. The standard InChI is InChI=1S/C15H23NO6/c17-12(13(18)15(20)7-2-5-10-22-15)6-11-21-14(19)16-8-3-1-4-9-16/h20H,1-11H2. The molecule has 2 aliphatic heterocycles. The van der Waals surface area contributed by atoms with Crippen molar-refractivity contribution in [3.63, 3.8) is 0 Å². The van der Waals surface area contributed by atoms with Crippen molar-refractivity contribution < 1.29 is 29.0 Å². The normalized spacial score (nSPS) is 25.6. The second-order valence-electron chi connectivity index (χ2n) is 5.75. The minimum Gasteiger partial charge on any atom is -0.449 e. The monoisotopic (exact) mass is 313 g/mol. The van der Waals surface area contributed by atoms with E-state index in [2.05, 4.69) is 0 Å². The molecule has 0 aromatic carbocycles. The predicted octanol–water partition coefficient (Wildman–Crippen LogP) is 1.03. The topological polar surface area (TPSA) is 93.1 Å². The van der Waals surface area contributed by atoms with Gasteiger partial charge in [-0.15, -0.1) is 0 Å². The van der Waals surface area contributed by atoms with Gasteiger partial charge >= 0.3 is 6.09 Å². The molecule has 1 unspecified atom stereocenters. The van der Waals surface area contributed by atoms with Gasteiger partial charge in [0.15, 0.2) is 0 Å². The Labute approximate surface area is 129 Å². The summed E-state index contributed by atoms with van der Waals surface area (Å²) in [5.74, 6) is -3.70. The van der Waals surface area contributed by atoms with E-state index >= 15 is 0 Å². The second kappa shape index (κ2) is 7.69. The lowest BCUT2D eigenvalue weighted by Gasteiger charge is -2.29. The molecule has 124 valence electrons. The Morgan fingerprint density at radius 1 is 1.09 bits per heavy atom. The van der Waals surface area contributed by atoms with Gasteiger partial charge in [-0.2, -0.15) is 0 Å². The molecule has 0 spiro atoms. The highest BCUT2D eigenvalue weighted by atomic mass is 16.6. The molecule has 2 rings (SSSR count). The second-order valence-corrected chi connectivity index (χ2v) is 5.75. The average Bonchev–Trinajstić information content (AvgIpc) is 2.55. The van der Waals surface area contributed by atoms with Gasteiger partial charge in [-0.3, -0.25) is 9.59 Å². The summed E-state index contributed by atoms with van der Waals surface area (Å²) in [6.45, 7) is 1.44. The van der Waals surface area contributed by atoms with Crippen molar-refractivity contribution in [1.82, 2.24) is 4.90 Å². The van der Waals surface area contributed by atoms with Crippen molar-refractivity contribution in [2.24, 2.45) is 0 Å². The minimum absolute atomic E-state index is 0.130. The van der Waals surface area contributed by atoms with E-state index < -0.39 is 23.4 Å². The smallest absolute Gasteiger partial charge is 0.409 e. The molecule has 1 N–H and O–H groups in total. The molecule has 0 saturated carbocycles. The van der Waals surface area contributed by atoms with Crippen LogP contribution < -0.4 is 0 Å². The first-order valence-corrected chi connectivity index (χ1v) is 7.88. The van der Waals surface area contributed by atoms with Crippen LogP contribution in [0.2, 0.25) is 0 Å². The Hall–Kier alpha value is -1.47. The lowest BCUT2D eigenvalue weighted by atomic mass is 9.98. The van der Waals surface area contributed by atoms with E-state index in [9.17, 15) is 19.5 Å². The van der Waals surface area contributed by atoms with Crippen LogP contribution in [0.4, 0.5) is 4.79 Å². The molecule has 0 aromatic heterocycles. The van der Waals surface area contributed by atoms with Crippen molar-refractivity contribution in [1.29, 1.82) is 0 Å². The van der Waals surface area contributed by atoms with Crippen molar-refractivity contribution in [3.05, 3.63) is 0 Å². The van der Waals surface area contributed by atoms with E-state index in [-0.39, 0.29) is 26.1 Å². The molecule has 0 radical (unpaired) electrons. The van der Waals surface area contributed by atoms with E-state index in [1.165, 1.54) is 0 Å². The number of hydrogen-bond donors (Lipinski definition) is 1. The Balaban J connectivity index is 1.72. The number of carbonyl (C=O) groups excluding carboxylic acids is 3. The van der Waals surface area contributed by atoms with Gasteiger partial charge in [0, 0.05) is 25.9 Å². The lowest BCUT2D eigenvalue weighted by molar-refractivity contribution is -0.218. The number of piperidine rings is 1. The van der Waals surface area contributed by atoms with Crippen molar-refractivity contribution in [2.45, 2.75) is 50.7 Å². The highest BCUT2D eigenvalue weighted by molar-refractivity contribution is 6.39. The summed E-state index contributed by atoms with van der Waals surface area (Å²) < 4.78 is 10.1.